The van der Waals surface area contributed by atoms with Gasteiger partial charge in [-0.25, -0.2) is 4.79 Å². The van der Waals surface area contributed by atoms with Crippen LogP contribution < -0.4 is 0 Å². The van der Waals surface area contributed by atoms with Gasteiger partial charge in [0, 0.05) is 12.8 Å². The van der Waals surface area contributed by atoms with Crippen LogP contribution in [-0.2, 0) is 4.74 Å². The first-order chi connectivity index (χ1) is 9.07. The maximum atomic E-state index is 11.9. The number of esters is 1. The topological polar surface area (TPSA) is 39.4 Å². The first-order valence-electron chi connectivity index (χ1n) is 7.15. The van der Waals surface area contributed by atoms with E-state index in [1.54, 1.807) is 12.1 Å². The van der Waals surface area contributed by atoms with Crippen molar-refractivity contribution in [3.63, 3.8) is 0 Å². The summed E-state index contributed by atoms with van der Waals surface area (Å²) in [5.41, 5.74) is 0. The molecular formula is C15H22NO3+. The molecule has 0 spiro atoms. The van der Waals surface area contributed by atoms with Gasteiger partial charge in [-0.3, -0.25) is 0 Å². The number of ether oxygens (including phenoxy) is 1. The van der Waals surface area contributed by atoms with Crippen LogP contribution in [0.4, 0.5) is 0 Å². The van der Waals surface area contributed by atoms with E-state index in [-0.39, 0.29) is 12.1 Å². The third kappa shape index (κ3) is 2.29. The zero-order valence-corrected chi connectivity index (χ0v) is 11.7. The Balaban J connectivity index is 1.67. The second-order valence-electron chi connectivity index (χ2n) is 6.34. The van der Waals surface area contributed by atoms with Crippen LogP contribution in [0.25, 0.3) is 0 Å². The van der Waals surface area contributed by atoms with Crippen LogP contribution in [-0.4, -0.2) is 42.7 Å². The minimum absolute atomic E-state index is 0.0547. The Hall–Kier alpha value is -1.29. The van der Waals surface area contributed by atoms with Crippen LogP contribution in [0, 0.1) is 0 Å². The average Bonchev–Trinajstić information content (AvgIpc) is 2.83. The van der Waals surface area contributed by atoms with Crippen molar-refractivity contribution in [1.82, 2.24) is 0 Å². The molecule has 2 aliphatic heterocycles. The molecule has 1 aromatic rings. The van der Waals surface area contributed by atoms with Gasteiger partial charge < -0.3 is 13.6 Å². The number of hydrogen-bond acceptors (Lipinski definition) is 3. The molecule has 1 unspecified atom stereocenters. The Morgan fingerprint density at radius 2 is 2.00 bits per heavy atom. The molecule has 0 N–H and O–H groups in total. The Morgan fingerprint density at radius 3 is 2.58 bits per heavy atom. The highest BCUT2D eigenvalue weighted by atomic mass is 16.6. The van der Waals surface area contributed by atoms with Crippen molar-refractivity contribution in [3.05, 3.63) is 24.2 Å². The van der Waals surface area contributed by atoms with Crippen molar-refractivity contribution < 1.29 is 18.4 Å². The number of piperidine rings is 2. The van der Waals surface area contributed by atoms with Gasteiger partial charge in [-0.05, 0) is 31.4 Å². The van der Waals surface area contributed by atoms with Crippen LogP contribution in [0.1, 0.15) is 42.7 Å². The minimum atomic E-state index is -0.319. The monoisotopic (exact) mass is 264 g/mol. The molecule has 1 aromatic heterocycles. The summed E-state index contributed by atoms with van der Waals surface area (Å²) in [5, 5.41) is 0. The zero-order valence-electron chi connectivity index (χ0n) is 11.7. The van der Waals surface area contributed by atoms with Crippen molar-refractivity contribution >= 4 is 5.97 Å². The maximum absolute atomic E-state index is 11.9. The molecule has 0 radical (unpaired) electrons. The van der Waals surface area contributed by atoms with Gasteiger partial charge in [0.1, 0.15) is 6.10 Å². The number of fused-ring (bicyclic) bond motifs is 2. The summed E-state index contributed by atoms with van der Waals surface area (Å²) in [7, 11) is 4.64. The molecule has 104 valence electrons. The van der Waals surface area contributed by atoms with Gasteiger partial charge in [-0.1, -0.05) is 0 Å². The lowest BCUT2D eigenvalue weighted by molar-refractivity contribution is -0.950. The smallest absolute Gasteiger partial charge is 0.374 e. The summed E-state index contributed by atoms with van der Waals surface area (Å²) in [6.07, 6.45) is 7.34. The Kier molecular flexibility index (Phi) is 3.13. The van der Waals surface area contributed by atoms with Gasteiger partial charge in [0.25, 0.3) is 0 Å². The predicted molar refractivity (Wildman–Crippen MR) is 70.7 cm³/mol. The fraction of sp³-hybridized carbons (Fsp3) is 0.667. The third-order valence-corrected chi connectivity index (χ3v) is 5.02. The van der Waals surface area contributed by atoms with E-state index in [1.165, 1.54) is 25.5 Å². The Bertz CT molecular complexity index is 436. The van der Waals surface area contributed by atoms with Crippen LogP contribution in [0.5, 0.6) is 0 Å². The Labute approximate surface area is 113 Å². The molecule has 0 aliphatic carbocycles. The van der Waals surface area contributed by atoms with E-state index in [0.29, 0.717) is 17.8 Å². The molecule has 3 atom stereocenters. The van der Waals surface area contributed by atoms with Gasteiger partial charge in [0.2, 0.25) is 5.76 Å². The first-order valence-corrected chi connectivity index (χ1v) is 7.15. The largest absolute Gasteiger partial charge is 0.457 e. The quantitative estimate of drug-likeness (QED) is 0.609. The van der Waals surface area contributed by atoms with E-state index in [0.717, 1.165) is 17.3 Å². The van der Waals surface area contributed by atoms with Crippen molar-refractivity contribution in [1.29, 1.82) is 0 Å². The maximum Gasteiger partial charge on any atom is 0.374 e. The minimum Gasteiger partial charge on any atom is -0.457 e. The van der Waals surface area contributed by atoms with Gasteiger partial charge in [0.05, 0.1) is 32.4 Å². The standard InChI is InChI=1S/C15H22NO3/c1-16(2)11-5-3-6-12(16)10-13(9-11)19-15(17)14-7-4-8-18-14/h4,7-8,11-13H,3,5-6,9-10H2,1-2H3/q+1/t11-,12+,13?. The van der Waals surface area contributed by atoms with E-state index in [9.17, 15) is 4.79 Å². The van der Waals surface area contributed by atoms with Crippen molar-refractivity contribution in [2.45, 2.75) is 50.3 Å². The molecule has 4 nitrogen and oxygen atoms in total. The molecule has 2 fully saturated rings. The summed E-state index contributed by atoms with van der Waals surface area (Å²) < 4.78 is 11.8. The summed E-state index contributed by atoms with van der Waals surface area (Å²) in [5.74, 6) is -0.00948. The van der Waals surface area contributed by atoms with Gasteiger partial charge >= 0.3 is 5.97 Å². The van der Waals surface area contributed by atoms with E-state index < -0.39 is 0 Å². The lowest BCUT2D eigenvalue weighted by atomic mass is 9.81. The highest BCUT2D eigenvalue weighted by molar-refractivity contribution is 5.86. The number of carbonyl (C=O) groups is 1. The SMILES string of the molecule is C[N+]1(C)[C@@H]2CCC[C@H]1CC(OC(=O)c1ccco1)C2. The molecule has 0 aromatic carbocycles. The molecule has 2 bridgehead atoms. The fourth-order valence-electron chi connectivity index (χ4n) is 3.74. The summed E-state index contributed by atoms with van der Waals surface area (Å²) in [4.78, 5) is 11.9. The number of furan rings is 1. The summed E-state index contributed by atoms with van der Waals surface area (Å²) in [6.45, 7) is 0. The van der Waals surface area contributed by atoms with Gasteiger partial charge in [0.15, 0.2) is 0 Å². The second-order valence-corrected chi connectivity index (χ2v) is 6.34. The fourth-order valence-corrected chi connectivity index (χ4v) is 3.74. The molecule has 0 amide bonds. The van der Waals surface area contributed by atoms with E-state index in [1.807, 2.05) is 0 Å². The normalized spacial score (nSPS) is 32.8. The van der Waals surface area contributed by atoms with E-state index in [2.05, 4.69) is 14.1 Å². The van der Waals surface area contributed by atoms with E-state index in [4.69, 9.17) is 9.15 Å². The van der Waals surface area contributed by atoms with Crippen LogP contribution in [0.3, 0.4) is 0 Å². The number of quaternary nitrogens is 1. The molecule has 19 heavy (non-hydrogen) atoms. The van der Waals surface area contributed by atoms with Gasteiger partial charge in [-0.15, -0.1) is 0 Å². The lowest BCUT2D eigenvalue weighted by Crippen LogP contribution is -2.63. The molecule has 0 saturated carbocycles. The average molecular weight is 264 g/mol. The van der Waals surface area contributed by atoms with Crippen molar-refractivity contribution in [3.8, 4) is 0 Å². The number of rotatable bonds is 2. The summed E-state index contributed by atoms with van der Waals surface area (Å²) in [6, 6.07) is 4.63. The third-order valence-electron chi connectivity index (χ3n) is 5.02. The Morgan fingerprint density at radius 1 is 1.32 bits per heavy atom. The number of carbonyl (C=O) groups excluding carboxylic acids is 1. The zero-order chi connectivity index (χ0) is 13.5. The highest BCUT2D eigenvalue weighted by Crippen LogP contribution is 2.38. The molecule has 2 saturated heterocycles. The number of nitrogens with zero attached hydrogens (tertiary/aromatic N) is 1. The molecule has 3 heterocycles. The molecular weight excluding hydrogens is 242 g/mol. The predicted octanol–water partition coefficient (Wildman–Crippen LogP) is 2.60. The van der Waals surface area contributed by atoms with Crippen LogP contribution >= 0.6 is 0 Å². The summed E-state index contributed by atoms with van der Waals surface area (Å²) >= 11 is 0. The van der Waals surface area contributed by atoms with Crippen LogP contribution in [0.2, 0.25) is 0 Å². The first kappa shape index (κ1) is 12.7. The highest BCUT2D eigenvalue weighted by Gasteiger charge is 2.47. The van der Waals surface area contributed by atoms with Crippen LogP contribution in [0.15, 0.2) is 22.8 Å². The second kappa shape index (κ2) is 4.67. The molecule has 4 heteroatoms. The number of hydrogen-bond donors (Lipinski definition) is 0. The lowest BCUT2D eigenvalue weighted by Gasteiger charge is -2.52. The molecule has 3 rings (SSSR count). The molecule has 2 aliphatic rings. The van der Waals surface area contributed by atoms with Crippen molar-refractivity contribution in [2.24, 2.45) is 0 Å². The van der Waals surface area contributed by atoms with Crippen molar-refractivity contribution in [2.75, 3.05) is 14.1 Å². The van der Waals surface area contributed by atoms with Gasteiger partial charge in [-0.2, -0.15) is 0 Å². The van der Waals surface area contributed by atoms with E-state index >= 15 is 0 Å².